The zero-order chi connectivity index (χ0) is 7.68. The summed E-state index contributed by atoms with van der Waals surface area (Å²) >= 11 is 0. The summed E-state index contributed by atoms with van der Waals surface area (Å²) in [5.74, 6) is 0.872. The average molecular weight is 147 g/mol. The van der Waals surface area contributed by atoms with E-state index in [4.69, 9.17) is 4.42 Å². The van der Waals surface area contributed by atoms with Crippen LogP contribution in [0.2, 0.25) is 0 Å². The molecule has 0 N–H and O–H groups in total. The molecule has 0 bridgehead atoms. The van der Waals surface area contributed by atoms with Crippen LogP contribution in [0.3, 0.4) is 0 Å². The molecule has 0 unspecified atom stereocenters. The molecule has 1 aromatic heterocycles. The summed E-state index contributed by atoms with van der Waals surface area (Å²) in [5, 5.41) is 0. The summed E-state index contributed by atoms with van der Waals surface area (Å²) in [6.45, 7) is 2.07. The molecule has 2 nitrogen and oxygen atoms in total. The Hall–Kier alpha value is -1.31. The Morgan fingerprint density at radius 3 is 3.36 bits per heavy atom. The van der Waals surface area contributed by atoms with Crippen molar-refractivity contribution in [2.24, 2.45) is 4.99 Å². The molecular formula is C9H9NO. The van der Waals surface area contributed by atoms with Gasteiger partial charge < -0.3 is 4.42 Å². The normalized spacial score (nSPS) is 15.5. The van der Waals surface area contributed by atoms with Crippen LogP contribution in [0, 0.1) is 0 Å². The molecule has 0 aliphatic carbocycles. The highest BCUT2D eigenvalue weighted by molar-refractivity contribution is 5.75. The van der Waals surface area contributed by atoms with Gasteiger partial charge in [0, 0.05) is 18.7 Å². The molecule has 0 saturated heterocycles. The fourth-order valence-electron chi connectivity index (χ4n) is 1.10. The molecule has 11 heavy (non-hydrogen) atoms. The fraction of sp³-hybridized carbons (Fsp3) is 0.222. The largest absolute Gasteiger partial charge is 0.463 e. The first kappa shape index (κ1) is 6.40. The van der Waals surface area contributed by atoms with Gasteiger partial charge in [0.05, 0.1) is 6.26 Å². The molecule has 0 amide bonds. The van der Waals surface area contributed by atoms with Crippen molar-refractivity contribution in [1.29, 1.82) is 0 Å². The maximum Gasteiger partial charge on any atom is 0.152 e. The zero-order valence-corrected chi connectivity index (χ0v) is 6.37. The second kappa shape index (κ2) is 2.38. The third-order valence-electron chi connectivity index (χ3n) is 1.69. The summed E-state index contributed by atoms with van der Waals surface area (Å²) in [7, 11) is 0. The lowest BCUT2D eigenvalue weighted by Crippen LogP contribution is -1.73. The molecule has 0 spiro atoms. The smallest absolute Gasteiger partial charge is 0.152 e. The Morgan fingerprint density at radius 1 is 1.55 bits per heavy atom. The first-order valence-corrected chi connectivity index (χ1v) is 3.63. The van der Waals surface area contributed by atoms with Gasteiger partial charge in [-0.3, -0.25) is 4.99 Å². The van der Waals surface area contributed by atoms with E-state index in [1.165, 1.54) is 5.57 Å². The first-order valence-electron chi connectivity index (χ1n) is 3.63. The van der Waals surface area contributed by atoms with Crippen molar-refractivity contribution in [3.63, 3.8) is 0 Å². The lowest BCUT2D eigenvalue weighted by atomic mass is 10.2. The number of hydrogen-bond acceptors (Lipinski definition) is 2. The molecule has 0 atom stereocenters. The summed E-state index contributed by atoms with van der Waals surface area (Å²) in [4.78, 5) is 4.23. The van der Waals surface area contributed by atoms with E-state index in [0.717, 1.165) is 17.9 Å². The minimum Gasteiger partial charge on any atom is -0.463 e. The standard InChI is InChI=1S/C9H9NO/c1-7-2-4-10-8-3-5-11-9(8)6-7/h3-6H,2H2,1H3. The highest BCUT2D eigenvalue weighted by atomic mass is 16.3. The number of fused-ring (bicyclic) bond motifs is 1. The van der Waals surface area contributed by atoms with Crippen LogP contribution in [0.5, 0.6) is 0 Å². The first-order chi connectivity index (χ1) is 5.36. The van der Waals surface area contributed by atoms with Crippen molar-refractivity contribution in [2.75, 3.05) is 0 Å². The Bertz CT molecular complexity index is 320. The van der Waals surface area contributed by atoms with Gasteiger partial charge in [-0.1, -0.05) is 5.57 Å². The van der Waals surface area contributed by atoms with Crippen molar-refractivity contribution in [2.45, 2.75) is 13.3 Å². The Morgan fingerprint density at radius 2 is 2.45 bits per heavy atom. The molecule has 1 aliphatic rings. The third-order valence-corrected chi connectivity index (χ3v) is 1.69. The molecule has 0 radical (unpaired) electrons. The number of hydrogen-bond donors (Lipinski definition) is 0. The summed E-state index contributed by atoms with van der Waals surface area (Å²) in [6, 6.07) is 1.88. The molecule has 1 aromatic rings. The van der Waals surface area contributed by atoms with Crippen LogP contribution in [-0.4, -0.2) is 6.21 Å². The van der Waals surface area contributed by atoms with Gasteiger partial charge in [0.15, 0.2) is 5.76 Å². The lowest BCUT2D eigenvalue weighted by molar-refractivity contribution is 0.557. The average Bonchev–Trinajstić information content (AvgIpc) is 2.31. The molecule has 2 heteroatoms. The maximum absolute atomic E-state index is 5.22. The minimum atomic E-state index is 0.872. The van der Waals surface area contributed by atoms with Gasteiger partial charge >= 0.3 is 0 Å². The molecule has 1 aliphatic heterocycles. The van der Waals surface area contributed by atoms with Gasteiger partial charge in [0.25, 0.3) is 0 Å². The molecule has 2 rings (SSSR count). The van der Waals surface area contributed by atoms with Crippen molar-refractivity contribution in [3.05, 3.63) is 23.7 Å². The van der Waals surface area contributed by atoms with E-state index in [1.807, 2.05) is 18.4 Å². The summed E-state index contributed by atoms with van der Waals surface area (Å²) in [5.41, 5.74) is 2.21. The van der Waals surface area contributed by atoms with E-state index in [9.17, 15) is 0 Å². The Labute approximate surface area is 65.3 Å². The van der Waals surface area contributed by atoms with Gasteiger partial charge in [-0.2, -0.15) is 0 Å². The van der Waals surface area contributed by atoms with Crippen molar-refractivity contribution < 1.29 is 4.42 Å². The van der Waals surface area contributed by atoms with E-state index >= 15 is 0 Å². The van der Waals surface area contributed by atoms with E-state index in [2.05, 4.69) is 11.9 Å². The van der Waals surface area contributed by atoms with Crippen molar-refractivity contribution in [1.82, 2.24) is 0 Å². The summed E-state index contributed by atoms with van der Waals surface area (Å²) < 4.78 is 5.22. The van der Waals surface area contributed by atoms with E-state index in [-0.39, 0.29) is 0 Å². The number of nitrogens with zero attached hydrogens (tertiary/aromatic N) is 1. The maximum atomic E-state index is 5.22. The minimum absolute atomic E-state index is 0.872. The molecule has 0 fully saturated rings. The fourth-order valence-corrected chi connectivity index (χ4v) is 1.10. The van der Waals surface area contributed by atoms with Crippen molar-refractivity contribution in [3.8, 4) is 0 Å². The third kappa shape index (κ3) is 1.11. The zero-order valence-electron chi connectivity index (χ0n) is 6.37. The summed E-state index contributed by atoms with van der Waals surface area (Å²) in [6.07, 6.45) is 6.52. The van der Waals surface area contributed by atoms with Gasteiger partial charge in [-0.15, -0.1) is 0 Å². The van der Waals surface area contributed by atoms with Crippen LogP contribution in [0.25, 0.3) is 6.08 Å². The van der Waals surface area contributed by atoms with E-state index < -0.39 is 0 Å². The number of allylic oxidation sites excluding steroid dienone is 1. The lowest BCUT2D eigenvalue weighted by Gasteiger charge is -1.88. The van der Waals surface area contributed by atoms with Crippen LogP contribution in [-0.2, 0) is 0 Å². The molecular weight excluding hydrogens is 138 g/mol. The second-order valence-electron chi connectivity index (χ2n) is 2.68. The van der Waals surface area contributed by atoms with Gasteiger partial charge in [-0.25, -0.2) is 0 Å². The van der Waals surface area contributed by atoms with Crippen LogP contribution in [0.15, 0.2) is 27.3 Å². The molecule has 56 valence electrons. The predicted octanol–water partition coefficient (Wildman–Crippen LogP) is 2.79. The number of rotatable bonds is 0. The molecule has 2 heterocycles. The highest BCUT2D eigenvalue weighted by Crippen LogP contribution is 2.25. The van der Waals surface area contributed by atoms with Crippen LogP contribution < -0.4 is 0 Å². The van der Waals surface area contributed by atoms with Gasteiger partial charge in [0.1, 0.15) is 5.69 Å². The van der Waals surface area contributed by atoms with Crippen LogP contribution in [0.4, 0.5) is 5.69 Å². The van der Waals surface area contributed by atoms with Crippen molar-refractivity contribution >= 4 is 18.0 Å². The van der Waals surface area contributed by atoms with Gasteiger partial charge in [0.2, 0.25) is 0 Å². The van der Waals surface area contributed by atoms with Crippen LogP contribution in [0.1, 0.15) is 19.1 Å². The van der Waals surface area contributed by atoms with Crippen LogP contribution >= 0.6 is 0 Å². The second-order valence-corrected chi connectivity index (χ2v) is 2.68. The topological polar surface area (TPSA) is 25.5 Å². The quantitative estimate of drug-likeness (QED) is 0.554. The predicted molar refractivity (Wildman–Crippen MR) is 45.1 cm³/mol. The van der Waals surface area contributed by atoms with E-state index in [1.54, 1.807) is 6.26 Å². The number of furan rings is 1. The van der Waals surface area contributed by atoms with E-state index in [0.29, 0.717) is 0 Å². The molecule has 0 saturated carbocycles. The SMILES string of the molecule is CC1=Cc2occc2N=CC1. The van der Waals surface area contributed by atoms with Gasteiger partial charge in [-0.05, 0) is 13.0 Å². The molecule has 0 aromatic carbocycles. The highest BCUT2D eigenvalue weighted by Gasteiger charge is 2.04. The number of aliphatic imine (C=N–C) groups is 1. The Kier molecular flexibility index (Phi) is 1.39. The Balaban J connectivity index is 2.55. The monoisotopic (exact) mass is 147 g/mol.